The van der Waals surface area contributed by atoms with E-state index >= 15 is 0 Å². The molecule has 12 heavy (non-hydrogen) atoms. The van der Waals surface area contributed by atoms with Crippen molar-refractivity contribution in [2.45, 2.75) is 6.92 Å². The van der Waals surface area contributed by atoms with Gasteiger partial charge in [-0.1, -0.05) is 5.16 Å². The van der Waals surface area contributed by atoms with E-state index < -0.39 is 0 Å². The number of nitrogens with one attached hydrogen (secondary N) is 1. The highest BCUT2D eigenvalue weighted by atomic mass is 16.5. The molecule has 5 heteroatoms. The molecule has 0 bridgehead atoms. The van der Waals surface area contributed by atoms with Crippen molar-refractivity contribution in [2.75, 3.05) is 32.1 Å². The molecule has 0 atom stereocenters. The Bertz CT molecular complexity index is 235. The van der Waals surface area contributed by atoms with Gasteiger partial charge in [0.15, 0.2) is 5.82 Å². The SMILES string of the molecule is CNCCN(C)c1nc(C)no1. The van der Waals surface area contributed by atoms with Crippen molar-refractivity contribution in [1.82, 2.24) is 15.5 Å². The Morgan fingerprint density at radius 3 is 2.83 bits per heavy atom. The van der Waals surface area contributed by atoms with Crippen molar-refractivity contribution in [3.63, 3.8) is 0 Å². The molecule has 1 aromatic rings. The van der Waals surface area contributed by atoms with Crippen LogP contribution in [0.2, 0.25) is 0 Å². The van der Waals surface area contributed by atoms with Crippen molar-refractivity contribution < 1.29 is 4.52 Å². The fraction of sp³-hybridized carbons (Fsp3) is 0.714. The van der Waals surface area contributed by atoms with Gasteiger partial charge in [0, 0.05) is 20.1 Å². The van der Waals surface area contributed by atoms with Crippen LogP contribution in [0.3, 0.4) is 0 Å². The zero-order valence-electron chi connectivity index (χ0n) is 7.66. The van der Waals surface area contributed by atoms with Crippen LogP contribution >= 0.6 is 0 Å². The molecule has 5 nitrogen and oxygen atoms in total. The van der Waals surface area contributed by atoms with Crippen LogP contribution in [0.15, 0.2) is 4.52 Å². The van der Waals surface area contributed by atoms with Gasteiger partial charge in [-0.15, -0.1) is 0 Å². The van der Waals surface area contributed by atoms with Crippen LogP contribution in [-0.4, -0.2) is 37.3 Å². The number of aromatic nitrogens is 2. The predicted molar refractivity (Wildman–Crippen MR) is 46.2 cm³/mol. The summed E-state index contributed by atoms with van der Waals surface area (Å²) in [6.45, 7) is 3.56. The van der Waals surface area contributed by atoms with Crippen LogP contribution in [0.5, 0.6) is 0 Å². The molecular weight excluding hydrogens is 156 g/mol. The third kappa shape index (κ3) is 2.20. The van der Waals surface area contributed by atoms with Crippen LogP contribution in [-0.2, 0) is 0 Å². The van der Waals surface area contributed by atoms with Crippen LogP contribution in [0.1, 0.15) is 5.82 Å². The van der Waals surface area contributed by atoms with Crippen molar-refractivity contribution >= 4 is 6.01 Å². The first-order chi connectivity index (χ1) is 5.74. The van der Waals surface area contributed by atoms with Crippen molar-refractivity contribution in [1.29, 1.82) is 0 Å². The molecule has 68 valence electrons. The van der Waals surface area contributed by atoms with Gasteiger partial charge in [-0.05, 0) is 14.0 Å². The van der Waals surface area contributed by atoms with Gasteiger partial charge in [-0.25, -0.2) is 0 Å². The summed E-state index contributed by atoms with van der Waals surface area (Å²) in [5.41, 5.74) is 0. The molecule has 0 aliphatic heterocycles. The van der Waals surface area contributed by atoms with E-state index in [1.54, 1.807) is 6.92 Å². The van der Waals surface area contributed by atoms with Crippen molar-refractivity contribution in [2.24, 2.45) is 0 Å². The Hall–Kier alpha value is -1.10. The molecule has 1 heterocycles. The Balaban J connectivity index is 2.47. The lowest BCUT2D eigenvalue weighted by molar-refractivity contribution is 0.413. The zero-order valence-corrected chi connectivity index (χ0v) is 7.66. The third-order valence-corrected chi connectivity index (χ3v) is 1.54. The van der Waals surface area contributed by atoms with E-state index in [0.29, 0.717) is 11.8 Å². The maximum absolute atomic E-state index is 4.96. The smallest absolute Gasteiger partial charge is 0.323 e. The normalized spacial score (nSPS) is 10.2. The lowest BCUT2D eigenvalue weighted by Crippen LogP contribution is -2.27. The molecule has 0 amide bonds. The third-order valence-electron chi connectivity index (χ3n) is 1.54. The molecule has 0 unspecified atom stereocenters. The second kappa shape index (κ2) is 4.06. The fourth-order valence-electron chi connectivity index (χ4n) is 0.816. The van der Waals surface area contributed by atoms with E-state index in [1.165, 1.54) is 0 Å². The summed E-state index contributed by atoms with van der Waals surface area (Å²) in [6, 6.07) is 0.572. The standard InChI is InChI=1S/C7H14N4O/c1-6-9-7(12-10-6)11(3)5-4-8-2/h8H,4-5H2,1-3H3. The molecule has 0 fully saturated rings. The Kier molecular flexibility index (Phi) is 3.04. The van der Waals surface area contributed by atoms with E-state index in [-0.39, 0.29) is 0 Å². The number of hydrogen-bond acceptors (Lipinski definition) is 5. The summed E-state index contributed by atoms with van der Waals surface area (Å²) in [5.74, 6) is 0.668. The van der Waals surface area contributed by atoms with Crippen molar-refractivity contribution in [3.8, 4) is 0 Å². The Morgan fingerprint density at radius 2 is 2.33 bits per heavy atom. The van der Waals surface area contributed by atoms with Crippen LogP contribution in [0.25, 0.3) is 0 Å². The summed E-state index contributed by atoms with van der Waals surface area (Å²) in [5, 5.41) is 6.74. The van der Waals surface area contributed by atoms with E-state index in [2.05, 4.69) is 15.5 Å². The van der Waals surface area contributed by atoms with Crippen LogP contribution in [0, 0.1) is 6.92 Å². The van der Waals surface area contributed by atoms with Gasteiger partial charge in [0.05, 0.1) is 0 Å². The highest BCUT2D eigenvalue weighted by molar-refractivity contribution is 5.22. The summed E-state index contributed by atoms with van der Waals surface area (Å²) in [4.78, 5) is 6.00. The number of anilines is 1. The maximum Gasteiger partial charge on any atom is 0.323 e. The molecule has 0 spiro atoms. The molecule has 1 aromatic heterocycles. The molecular formula is C7H14N4O. The van der Waals surface area contributed by atoms with Gasteiger partial charge >= 0.3 is 6.01 Å². The molecule has 0 saturated carbocycles. The molecule has 0 radical (unpaired) electrons. The zero-order chi connectivity index (χ0) is 8.97. The van der Waals surface area contributed by atoms with Gasteiger partial charge in [0.25, 0.3) is 0 Å². The monoisotopic (exact) mass is 170 g/mol. The number of nitrogens with zero attached hydrogens (tertiary/aromatic N) is 3. The average Bonchev–Trinajstić information content (AvgIpc) is 2.47. The molecule has 0 aliphatic rings. The Labute approximate surface area is 71.8 Å². The maximum atomic E-state index is 4.96. The lowest BCUT2D eigenvalue weighted by Gasteiger charge is -2.12. The van der Waals surface area contributed by atoms with E-state index in [0.717, 1.165) is 13.1 Å². The van der Waals surface area contributed by atoms with Crippen LogP contribution < -0.4 is 10.2 Å². The predicted octanol–water partition coefficient (Wildman–Crippen LogP) is 0.0336. The first-order valence-corrected chi connectivity index (χ1v) is 3.90. The molecule has 0 aromatic carbocycles. The van der Waals surface area contributed by atoms with Gasteiger partial charge in [-0.2, -0.15) is 4.98 Å². The van der Waals surface area contributed by atoms with Crippen LogP contribution in [0.4, 0.5) is 6.01 Å². The number of rotatable bonds is 4. The molecule has 1 rings (SSSR count). The second-order valence-electron chi connectivity index (χ2n) is 2.65. The van der Waals surface area contributed by atoms with Gasteiger partial charge in [0.1, 0.15) is 0 Å². The highest BCUT2D eigenvalue weighted by Gasteiger charge is 2.06. The summed E-state index contributed by atoms with van der Waals surface area (Å²) < 4.78 is 4.96. The molecule has 0 saturated heterocycles. The summed E-state index contributed by atoms with van der Waals surface area (Å²) in [7, 11) is 3.83. The number of likely N-dealkylation sites (N-methyl/N-ethyl adjacent to an activating group) is 2. The minimum absolute atomic E-state index is 0.572. The van der Waals surface area contributed by atoms with Gasteiger partial charge in [-0.3, -0.25) is 0 Å². The van der Waals surface area contributed by atoms with E-state index in [1.807, 2.05) is 19.0 Å². The van der Waals surface area contributed by atoms with E-state index in [4.69, 9.17) is 4.52 Å². The fourth-order valence-corrected chi connectivity index (χ4v) is 0.816. The van der Waals surface area contributed by atoms with Gasteiger partial charge < -0.3 is 14.7 Å². The first kappa shape index (κ1) is 8.99. The minimum atomic E-state index is 0.572. The quantitative estimate of drug-likeness (QED) is 0.691. The largest absolute Gasteiger partial charge is 0.326 e. The number of hydrogen-bond donors (Lipinski definition) is 1. The molecule has 0 aliphatic carbocycles. The average molecular weight is 170 g/mol. The lowest BCUT2D eigenvalue weighted by atomic mass is 10.6. The van der Waals surface area contributed by atoms with E-state index in [9.17, 15) is 0 Å². The number of aryl methyl sites for hydroxylation is 1. The van der Waals surface area contributed by atoms with Crippen molar-refractivity contribution in [3.05, 3.63) is 5.82 Å². The Morgan fingerprint density at radius 1 is 1.58 bits per heavy atom. The summed E-state index contributed by atoms with van der Waals surface area (Å²) in [6.07, 6.45) is 0. The highest BCUT2D eigenvalue weighted by Crippen LogP contribution is 2.06. The molecule has 1 N–H and O–H groups in total. The second-order valence-corrected chi connectivity index (χ2v) is 2.65. The topological polar surface area (TPSA) is 54.2 Å². The minimum Gasteiger partial charge on any atom is -0.326 e. The van der Waals surface area contributed by atoms with Gasteiger partial charge in [0.2, 0.25) is 0 Å². The summed E-state index contributed by atoms with van der Waals surface area (Å²) >= 11 is 0. The first-order valence-electron chi connectivity index (χ1n) is 3.90.